The minimum Gasteiger partial charge on any atom is -0.493 e. The largest absolute Gasteiger partial charge is 0.493 e. The number of hydrogen-bond acceptors (Lipinski definition) is 11. The van der Waals surface area contributed by atoms with Crippen molar-refractivity contribution in [3.05, 3.63) is 35.4 Å². The van der Waals surface area contributed by atoms with E-state index in [-0.39, 0.29) is 12.2 Å². The first-order chi connectivity index (χ1) is 21.3. The highest BCUT2D eigenvalue weighted by Crippen LogP contribution is 2.40. The number of nitrogens with zero attached hydrogens (tertiary/aromatic N) is 1. The zero-order chi connectivity index (χ0) is 31.8. The van der Waals surface area contributed by atoms with Crippen molar-refractivity contribution < 1.29 is 47.5 Å². The van der Waals surface area contributed by atoms with Crippen LogP contribution in [0.15, 0.2) is 24.3 Å². The van der Waals surface area contributed by atoms with Crippen LogP contribution in [0.3, 0.4) is 0 Å². The maximum absolute atomic E-state index is 13.0. The third-order valence-corrected chi connectivity index (χ3v) is 8.79. The summed E-state index contributed by atoms with van der Waals surface area (Å²) in [6.07, 6.45) is 6.69. The highest BCUT2D eigenvalue weighted by molar-refractivity contribution is 5.92. The van der Waals surface area contributed by atoms with Gasteiger partial charge >= 0.3 is 11.9 Å². The van der Waals surface area contributed by atoms with E-state index < -0.39 is 11.9 Å². The number of ether oxygens (including phenoxy) is 8. The maximum Gasteiger partial charge on any atom is 0.338 e. The summed E-state index contributed by atoms with van der Waals surface area (Å²) >= 11 is 0. The summed E-state index contributed by atoms with van der Waals surface area (Å²) in [5.74, 6) is 1.71. The molecule has 0 bridgehead atoms. The van der Waals surface area contributed by atoms with Gasteiger partial charge in [0.2, 0.25) is 11.5 Å². The van der Waals surface area contributed by atoms with Crippen LogP contribution in [0.25, 0.3) is 0 Å². The molecule has 2 saturated carbocycles. The fraction of sp³-hybridized carbons (Fsp3) is 0.576. The smallest absolute Gasteiger partial charge is 0.338 e. The highest BCUT2D eigenvalue weighted by Gasteiger charge is 2.33. The van der Waals surface area contributed by atoms with Crippen LogP contribution in [0, 0.1) is 0 Å². The molecule has 2 fully saturated rings. The van der Waals surface area contributed by atoms with Gasteiger partial charge in [-0.2, -0.15) is 0 Å². The average Bonchev–Trinajstić information content (AvgIpc) is 3.06. The monoisotopic (exact) mass is 615 g/mol. The van der Waals surface area contributed by atoms with Crippen molar-refractivity contribution in [2.24, 2.45) is 0 Å². The van der Waals surface area contributed by atoms with Gasteiger partial charge in [-0.25, -0.2) is 9.59 Å². The van der Waals surface area contributed by atoms with Crippen LogP contribution >= 0.6 is 0 Å². The van der Waals surface area contributed by atoms with Gasteiger partial charge in [0.25, 0.3) is 0 Å². The summed E-state index contributed by atoms with van der Waals surface area (Å²) in [5, 5.41) is 0. The number of rotatable bonds is 12. The second-order valence-corrected chi connectivity index (χ2v) is 11.2. The predicted octanol–water partition coefficient (Wildman–Crippen LogP) is 5.31. The Morgan fingerprint density at radius 3 is 1.07 bits per heavy atom. The Bertz CT molecular complexity index is 1130. The lowest BCUT2D eigenvalue weighted by Gasteiger charge is -2.41. The van der Waals surface area contributed by atoms with Crippen LogP contribution in [0.4, 0.5) is 0 Å². The lowest BCUT2D eigenvalue weighted by Crippen LogP contribution is -2.45. The molecule has 0 unspecified atom stereocenters. The van der Waals surface area contributed by atoms with Gasteiger partial charge < -0.3 is 42.8 Å². The first kappa shape index (κ1) is 33.0. The lowest BCUT2D eigenvalue weighted by atomic mass is 9.87. The van der Waals surface area contributed by atoms with Crippen LogP contribution in [0.5, 0.6) is 34.5 Å². The Morgan fingerprint density at radius 2 is 0.818 bits per heavy atom. The molecule has 11 nitrogen and oxygen atoms in total. The third-order valence-electron chi connectivity index (χ3n) is 8.79. The third kappa shape index (κ3) is 7.43. The topological polar surface area (TPSA) is 111 Å². The zero-order valence-electron chi connectivity index (χ0n) is 26.8. The number of benzene rings is 2. The Morgan fingerprint density at radius 1 is 0.523 bits per heavy atom. The molecule has 0 aliphatic heterocycles. The molecule has 2 aliphatic carbocycles. The molecule has 2 aliphatic rings. The van der Waals surface area contributed by atoms with Gasteiger partial charge in [-0.05, 0) is 82.7 Å². The molecule has 0 N–H and O–H groups in total. The Labute approximate surface area is 259 Å². The van der Waals surface area contributed by atoms with Gasteiger partial charge in [0, 0.05) is 12.1 Å². The molecule has 242 valence electrons. The maximum atomic E-state index is 13.0. The molecule has 0 amide bonds. The Kier molecular flexibility index (Phi) is 11.4. The van der Waals surface area contributed by atoms with E-state index in [1.807, 2.05) is 0 Å². The number of carbonyl (C=O) groups is 2. The molecule has 0 saturated heterocycles. The van der Waals surface area contributed by atoms with Gasteiger partial charge in [-0.15, -0.1) is 0 Å². The number of hydrogen-bond donors (Lipinski definition) is 0. The van der Waals surface area contributed by atoms with E-state index in [1.54, 1.807) is 24.3 Å². The van der Waals surface area contributed by atoms with Gasteiger partial charge in [0.1, 0.15) is 12.2 Å². The molecule has 0 aromatic heterocycles. The minimum atomic E-state index is -0.402. The van der Waals surface area contributed by atoms with Gasteiger partial charge in [0.05, 0.1) is 53.8 Å². The summed E-state index contributed by atoms with van der Waals surface area (Å²) in [5.41, 5.74) is 0.725. The van der Waals surface area contributed by atoms with E-state index in [9.17, 15) is 9.59 Å². The molecule has 0 spiro atoms. The Balaban J connectivity index is 1.25. The summed E-state index contributed by atoms with van der Waals surface area (Å²) < 4.78 is 43.9. The summed E-state index contributed by atoms with van der Waals surface area (Å²) in [6, 6.07) is 7.27. The van der Waals surface area contributed by atoms with E-state index in [4.69, 9.17) is 37.9 Å². The molecular weight excluding hydrogens is 570 g/mol. The summed E-state index contributed by atoms with van der Waals surface area (Å²) in [6.45, 7) is 0. The van der Waals surface area contributed by atoms with Crippen molar-refractivity contribution in [3.8, 4) is 34.5 Å². The standard InChI is InChI=1S/C33H45NO10/c1-34(22-8-12-24(13-9-22)43-32(35)20-16-26(37-2)30(41-6)27(17-20)38-3)23-10-14-25(15-11-23)44-33(36)21-18-28(39-4)31(42-7)29(19-21)40-5/h16-19,22-25H,8-15H2,1-7H3. The molecule has 0 heterocycles. The van der Waals surface area contributed by atoms with E-state index in [0.717, 1.165) is 51.4 Å². The Hall–Kier alpha value is -3.86. The molecule has 4 rings (SSSR count). The van der Waals surface area contributed by atoms with Gasteiger partial charge in [-0.1, -0.05) is 0 Å². The van der Waals surface area contributed by atoms with Crippen LogP contribution < -0.4 is 28.4 Å². The lowest BCUT2D eigenvalue weighted by molar-refractivity contribution is -0.00280. The number of methoxy groups -OCH3 is 6. The van der Waals surface area contributed by atoms with Crippen molar-refractivity contribution >= 4 is 11.9 Å². The van der Waals surface area contributed by atoms with Gasteiger partial charge in [-0.3, -0.25) is 0 Å². The molecular formula is C33H45NO10. The number of carbonyl (C=O) groups excluding carboxylic acids is 2. The predicted molar refractivity (Wildman–Crippen MR) is 163 cm³/mol. The van der Waals surface area contributed by atoms with Crippen molar-refractivity contribution in [3.63, 3.8) is 0 Å². The summed E-state index contributed by atoms with van der Waals surface area (Å²) in [4.78, 5) is 28.4. The zero-order valence-corrected chi connectivity index (χ0v) is 26.8. The second kappa shape index (κ2) is 15.2. The van der Waals surface area contributed by atoms with Crippen molar-refractivity contribution in [2.45, 2.75) is 75.7 Å². The van der Waals surface area contributed by atoms with Crippen LogP contribution in [-0.4, -0.2) is 90.8 Å². The first-order valence-corrected chi connectivity index (χ1v) is 15.0. The number of esters is 2. The molecule has 0 radical (unpaired) electrons. The average molecular weight is 616 g/mol. The normalized spacial score (nSPS) is 21.6. The molecule has 2 aromatic rings. The fourth-order valence-corrected chi connectivity index (χ4v) is 6.28. The first-order valence-electron chi connectivity index (χ1n) is 15.0. The van der Waals surface area contributed by atoms with E-state index in [1.165, 1.54) is 42.7 Å². The van der Waals surface area contributed by atoms with Crippen LogP contribution in [-0.2, 0) is 9.47 Å². The van der Waals surface area contributed by atoms with Crippen molar-refractivity contribution in [1.29, 1.82) is 0 Å². The van der Waals surface area contributed by atoms with Crippen molar-refractivity contribution in [2.75, 3.05) is 49.7 Å². The van der Waals surface area contributed by atoms with E-state index in [0.29, 0.717) is 57.7 Å². The fourth-order valence-electron chi connectivity index (χ4n) is 6.28. The van der Waals surface area contributed by atoms with E-state index >= 15 is 0 Å². The SMILES string of the molecule is COc1cc(C(=O)OC2CCC(N(C)C3CCC(OC(=O)c4cc(OC)c(OC)c(OC)c4)CC3)CC2)cc(OC)c1OC. The minimum absolute atomic E-state index is 0.142. The molecule has 2 aromatic carbocycles. The van der Waals surface area contributed by atoms with Crippen LogP contribution in [0.1, 0.15) is 72.1 Å². The molecule has 44 heavy (non-hydrogen) atoms. The second-order valence-electron chi connectivity index (χ2n) is 11.2. The van der Waals surface area contributed by atoms with E-state index in [2.05, 4.69) is 11.9 Å². The van der Waals surface area contributed by atoms with Gasteiger partial charge in [0.15, 0.2) is 23.0 Å². The highest BCUT2D eigenvalue weighted by atomic mass is 16.6. The molecule has 11 heteroatoms. The quantitative estimate of drug-likeness (QED) is 0.290. The summed E-state index contributed by atoms with van der Waals surface area (Å²) in [7, 11) is 11.3. The van der Waals surface area contributed by atoms with Crippen LogP contribution in [0.2, 0.25) is 0 Å². The van der Waals surface area contributed by atoms with Crippen molar-refractivity contribution in [1.82, 2.24) is 4.90 Å². The molecule has 0 atom stereocenters.